The van der Waals surface area contributed by atoms with Gasteiger partial charge in [0.1, 0.15) is 0 Å². The van der Waals surface area contributed by atoms with Crippen molar-refractivity contribution in [2.75, 3.05) is 6.54 Å². The lowest BCUT2D eigenvalue weighted by Crippen LogP contribution is -2.29. The van der Waals surface area contributed by atoms with Gasteiger partial charge in [0.15, 0.2) is 0 Å². The maximum Gasteiger partial charge on any atom is 0.0334 e. The van der Waals surface area contributed by atoms with E-state index in [2.05, 4.69) is 45.9 Å². The molecule has 2 heterocycles. The zero-order valence-electron chi connectivity index (χ0n) is 12.3. The minimum atomic E-state index is 0.804. The van der Waals surface area contributed by atoms with E-state index in [9.17, 15) is 0 Å². The Morgan fingerprint density at radius 2 is 2.05 bits per heavy atom. The van der Waals surface area contributed by atoms with Crippen LogP contribution in [0.3, 0.4) is 0 Å². The van der Waals surface area contributed by atoms with Crippen LogP contribution in [0.2, 0.25) is 0 Å². The van der Waals surface area contributed by atoms with Gasteiger partial charge in [-0.1, -0.05) is 30.3 Å². The van der Waals surface area contributed by atoms with Gasteiger partial charge >= 0.3 is 0 Å². The Hall–Kier alpha value is -1.16. The maximum atomic E-state index is 3.65. The molecule has 1 aliphatic heterocycles. The van der Waals surface area contributed by atoms with Crippen molar-refractivity contribution in [2.45, 2.75) is 44.9 Å². The van der Waals surface area contributed by atoms with Gasteiger partial charge in [-0.25, -0.2) is 0 Å². The summed E-state index contributed by atoms with van der Waals surface area (Å²) in [5.41, 5.74) is 4.62. The Labute approximate surface area is 130 Å². The number of fused-ring (bicyclic) bond motifs is 1. The van der Waals surface area contributed by atoms with E-state index in [-0.39, 0.29) is 0 Å². The van der Waals surface area contributed by atoms with Crippen LogP contribution in [0.15, 0.2) is 35.7 Å². The van der Waals surface area contributed by atoms with E-state index < -0.39 is 0 Å². The topological polar surface area (TPSA) is 15.3 Å². The number of nitrogens with zero attached hydrogens (tertiary/aromatic N) is 1. The van der Waals surface area contributed by atoms with Crippen LogP contribution in [0.1, 0.15) is 34.4 Å². The zero-order valence-corrected chi connectivity index (χ0v) is 13.2. The minimum Gasteiger partial charge on any atom is -0.310 e. The van der Waals surface area contributed by atoms with Gasteiger partial charge in [-0.3, -0.25) is 4.90 Å². The van der Waals surface area contributed by atoms with Crippen molar-refractivity contribution in [3.8, 4) is 0 Å². The van der Waals surface area contributed by atoms with E-state index in [1.165, 1.54) is 31.4 Å². The predicted octanol–water partition coefficient (Wildman–Crippen LogP) is 3.56. The standard InChI is InChI=1S/C18H22N2S/c1-2-4-14(5-3-1)11-20-9-8-17-15(10-19-16-6-7-16)13-21-18(17)12-20/h1-5,13,16,19H,6-12H2. The molecular weight excluding hydrogens is 276 g/mol. The fourth-order valence-electron chi connectivity index (χ4n) is 3.12. The Balaban J connectivity index is 1.40. The monoisotopic (exact) mass is 298 g/mol. The summed E-state index contributed by atoms with van der Waals surface area (Å²) < 4.78 is 0. The molecule has 3 heteroatoms. The smallest absolute Gasteiger partial charge is 0.0334 e. The third-order valence-corrected chi connectivity index (χ3v) is 5.58. The van der Waals surface area contributed by atoms with Crippen molar-refractivity contribution in [2.24, 2.45) is 0 Å². The molecule has 0 amide bonds. The summed E-state index contributed by atoms with van der Waals surface area (Å²) in [4.78, 5) is 4.16. The van der Waals surface area contributed by atoms with Crippen LogP contribution in [0, 0.1) is 0 Å². The molecule has 2 aliphatic rings. The lowest BCUT2D eigenvalue weighted by atomic mass is 10.0. The lowest BCUT2D eigenvalue weighted by Gasteiger charge is -2.27. The second kappa shape index (κ2) is 5.91. The Morgan fingerprint density at radius 1 is 1.19 bits per heavy atom. The molecule has 0 saturated heterocycles. The van der Waals surface area contributed by atoms with Gasteiger partial charge in [0, 0.05) is 37.1 Å². The zero-order chi connectivity index (χ0) is 14.1. The lowest BCUT2D eigenvalue weighted by molar-refractivity contribution is 0.248. The first kappa shape index (κ1) is 13.5. The number of rotatable bonds is 5. The summed E-state index contributed by atoms with van der Waals surface area (Å²) in [6, 6.07) is 11.6. The van der Waals surface area contributed by atoms with Crippen LogP contribution >= 0.6 is 11.3 Å². The Kier molecular flexibility index (Phi) is 3.80. The summed E-state index contributed by atoms with van der Waals surface area (Å²) in [5, 5.41) is 6.03. The van der Waals surface area contributed by atoms with Crippen LogP contribution in [-0.4, -0.2) is 17.5 Å². The van der Waals surface area contributed by atoms with E-state index >= 15 is 0 Å². The first-order chi connectivity index (χ1) is 10.4. The molecule has 110 valence electrons. The third kappa shape index (κ3) is 3.20. The molecule has 1 aromatic heterocycles. The van der Waals surface area contributed by atoms with Gasteiger partial charge in [-0.2, -0.15) is 0 Å². The first-order valence-electron chi connectivity index (χ1n) is 7.96. The molecule has 1 aliphatic carbocycles. The van der Waals surface area contributed by atoms with E-state index in [0.29, 0.717) is 0 Å². The number of benzene rings is 1. The van der Waals surface area contributed by atoms with Gasteiger partial charge in [0.25, 0.3) is 0 Å². The molecule has 0 unspecified atom stereocenters. The van der Waals surface area contributed by atoms with Crippen molar-refractivity contribution in [1.29, 1.82) is 0 Å². The number of hydrogen-bond acceptors (Lipinski definition) is 3. The van der Waals surface area contributed by atoms with Crippen molar-refractivity contribution < 1.29 is 0 Å². The summed E-state index contributed by atoms with van der Waals surface area (Å²) in [5.74, 6) is 0. The highest BCUT2D eigenvalue weighted by Crippen LogP contribution is 2.30. The molecular formula is C18H22N2S. The number of hydrogen-bond donors (Lipinski definition) is 1. The molecule has 0 radical (unpaired) electrons. The van der Waals surface area contributed by atoms with Crippen molar-refractivity contribution >= 4 is 11.3 Å². The summed E-state index contributed by atoms with van der Waals surface area (Å²) >= 11 is 1.96. The second-order valence-corrected chi connectivity index (χ2v) is 7.23. The molecule has 1 aromatic carbocycles. The number of nitrogens with one attached hydrogen (secondary N) is 1. The van der Waals surface area contributed by atoms with E-state index in [4.69, 9.17) is 0 Å². The quantitative estimate of drug-likeness (QED) is 0.908. The number of thiophene rings is 1. The summed E-state index contributed by atoms with van der Waals surface area (Å²) in [7, 11) is 0. The van der Waals surface area contributed by atoms with Crippen LogP contribution in [0.5, 0.6) is 0 Å². The van der Waals surface area contributed by atoms with Gasteiger partial charge in [-0.15, -0.1) is 11.3 Å². The Bertz CT molecular complexity index is 601. The molecule has 0 bridgehead atoms. The predicted molar refractivity (Wildman–Crippen MR) is 88.4 cm³/mol. The highest BCUT2D eigenvalue weighted by molar-refractivity contribution is 7.10. The highest BCUT2D eigenvalue weighted by Gasteiger charge is 2.23. The van der Waals surface area contributed by atoms with E-state index in [1.54, 1.807) is 16.0 Å². The average Bonchev–Trinajstić information content (AvgIpc) is 3.26. The van der Waals surface area contributed by atoms with Crippen LogP contribution in [0.4, 0.5) is 0 Å². The largest absolute Gasteiger partial charge is 0.310 e. The van der Waals surface area contributed by atoms with Crippen LogP contribution in [-0.2, 0) is 26.1 Å². The van der Waals surface area contributed by atoms with E-state index in [1.807, 2.05) is 11.3 Å². The van der Waals surface area contributed by atoms with Crippen molar-refractivity contribution in [3.63, 3.8) is 0 Å². The molecule has 21 heavy (non-hydrogen) atoms. The molecule has 2 aromatic rings. The van der Waals surface area contributed by atoms with Gasteiger partial charge in [-0.05, 0) is 41.3 Å². The van der Waals surface area contributed by atoms with Crippen LogP contribution < -0.4 is 5.32 Å². The fraction of sp³-hybridized carbons (Fsp3) is 0.444. The third-order valence-electron chi connectivity index (χ3n) is 4.52. The maximum absolute atomic E-state index is 3.65. The average molecular weight is 298 g/mol. The molecule has 1 fully saturated rings. The van der Waals surface area contributed by atoms with Gasteiger partial charge in [0.05, 0.1) is 0 Å². The molecule has 0 spiro atoms. The minimum absolute atomic E-state index is 0.804. The second-order valence-electron chi connectivity index (χ2n) is 6.26. The molecule has 1 N–H and O–H groups in total. The van der Waals surface area contributed by atoms with Crippen molar-refractivity contribution in [1.82, 2.24) is 10.2 Å². The normalized spacial score (nSPS) is 18.7. The Morgan fingerprint density at radius 3 is 2.86 bits per heavy atom. The molecule has 4 rings (SSSR count). The summed E-state index contributed by atoms with van der Waals surface area (Å²) in [6.45, 7) is 4.47. The van der Waals surface area contributed by atoms with Gasteiger partial charge in [0.2, 0.25) is 0 Å². The SMILES string of the molecule is c1ccc(CN2CCc3c(CNC4CC4)csc3C2)cc1. The van der Waals surface area contributed by atoms with Crippen molar-refractivity contribution in [3.05, 3.63) is 57.3 Å². The van der Waals surface area contributed by atoms with E-state index in [0.717, 1.165) is 25.7 Å². The molecule has 0 atom stereocenters. The molecule has 2 nitrogen and oxygen atoms in total. The first-order valence-corrected chi connectivity index (χ1v) is 8.84. The van der Waals surface area contributed by atoms with Crippen LogP contribution in [0.25, 0.3) is 0 Å². The highest BCUT2D eigenvalue weighted by atomic mass is 32.1. The molecule has 1 saturated carbocycles. The van der Waals surface area contributed by atoms with Gasteiger partial charge < -0.3 is 5.32 Å². The fourth-order valence-corrected chi connectivity index (χ4v) is 4.26. The summed E-state index contributed by atoms with van der Waals surface area (Å²) in [6.07, 6.45) is 3.96.